The van der Waals surface area contributed by atoms with Gasteiger partial charge in [0.05, 0.1) is 0 Å². The molecule has 2 nitrogen and oxygen atoms in total. The first kappa shape index (κ1) is 31.8. The predicted octanol–water partition coefficient (Wildman–Crippen LogP) is 11.4. The van der Waals surface area contributed by atoms with Crippen LogP contribution in [0.2, 0.25) is 0 Å². The van der Waals surface area contributed by atoms with Gasteiger partial charge in [0.2, 0.25) is 0 Å². The largest absolute Gasteiger partial charge is 0.372 e. The molecule has 3 aromatic rings. The third kappa shape index (κ3) is 10.0. The monoisotopic (exact) mass is 540 g/mol. The van der Waals surface area contributed by atoms with E-state index in [0.29, 0.717) is 0 Å². The fourth-order valence-corrected chi connectivity index (χ4v) is 5.64. The maximum Gasteiger partial charge on any atom is 0.0372 e. The number of hydrogen-bond acceptors (Lipinski definition) is 2. The Hall–Kier alpha value is -2.74. The first-order chi connectivity index (χ1) is 19.7. The van der Waals surface area contributed by atoms with Crippen molar-refractivity contribution >= 4 is 11.4 Å². The Morgan fingerprint density at radius 2 is 0.825 bits per heavy atom. The van der Waals surface area contributed by atoms with Crippen molar-refractivity contribution in [2.45, 2.75) is 105 Å². The van der Waals surface area contributed by atoms with Crippen molar-refractivity contribution in [1.82, 2.24) is 0 Å². The van der Waals surface area contributed by atoms with Gasteiger partial charge < -0.3 is 9.80 Å². The molecule has 0 heterocycles. The summed E-state index contributed by atoms with van der Waals surface area (Å²) < 4.78 is 0. The molecule has 0 N–H and O–H groups in total. The Labute approximate surface area is 246 Å². The molecule has 3 rings (SSSR count). The molecule has 0 atom stereocenters. The Morgan fingerprint density at radius 3 is 1.30 bits per heavy atom. The first-order valence-corrected chi connectivity index (χ1v) is 16.5. The van der Waals surface area contributed by atoms with E-state index >= 15 is 0 Å². The molecule has 0 aliphatic carbocycles. The summed E-state index contributed by atoms with van der Waals surface area (Å²) >= 11 is 0. The van der Waals surface area contributed by atoms with E-state index in [0.717, 1.165) is 26.2 Å². The maximum atomic E-state index is 2.63. The second-order valence-electron chi connectivity index (χ2n) is 11.4. The molecule has 0 aromatic heterocycles. The van der Waals surface area contributed by atoms with Crippen molar-refractivity contribution in [3.63, 3.8) is 0 Å². The van der Waals surface area contributed by atoms with Crippen LogP contribution in [0.25, 0.3) is 22.3 Å². The second kappa shape index (κ2) is 18.6. The van der Waals surface area contributed by atoms with Gasteiger partial charge in [-0.2, -0.15) is 0 Å². The van der Waals surface area contributed by atoms with Gasteiger partial charge in [-0.3, -0.25) is 0 Å². The highest BCUT2D eigenvalue weighted by Crippen LogP contribution is 2.36. The molecule has 0 fully saturated rings. The molecule has 40 heavy (non-hydrogen) atoms. The fourth-order valence-electron chi connectivity index (χ4n) is 5.64. The van der Waals surface area contributed by atoms with Crippen LogP contribution in [0.15, 0.2) is 72.8 Å². The zero-order valence-electron chi connectivity index (χ0n) is 26.1. The van der Waals surface area contributed by atoms with E-state index in [1.165, 1.54) is 111 Å². The normalized spacial score (nSPS) is 11.1. The van der Waals surface area contributed by atoms with Crippen molar-refractivity contribution in [2.24, 2.45) is 0 Å². The van der Waals surface area contributed by atoms with Gasteiger partial charge in [-0.1, -0.05) is 128 Å². The van der Waals surface area contributed by atoms with Crippen LogP contribution in [0.4, 0.5) is 11.4 Å². The molecule has 0 spiro atoms. The van der Waals surface area contributed by atoms with Crippen LogP contribution < -0.4 is 9.80 Å². The number of rotatable bonds is 20. The highest BCUT2D eigenvalue weighted by Gasteiger charge is 2.14. The van der Waals surface area contributed by atoms with Crippen LogP contribution in [0.5, 0.6) is 0 Å². The minimum Gasteiger partial charge on any atom is -0.372 e. The van der Waals surface area contributed by atoms with Gasteiger partial charge in [0, 0.05) is 37.6 Å². The third-order valence-electron chi connectivity index (χ3n) is 8.12. The summed E-state index contributed by atoms with van der Waals surface area (Å²) in [7, 11) is 0. The molecular formula is C38H56N2. The van der Waals surface area contributed by atoms with Gasteiger partial charge in [-0.05, 0) is 72.2 Å². The molecule has 0 aliphatic rings. The second-order valence-corrected chi connectivity index (χ2v) is 11.4. The predicted molar refractivity (Wildman–Crippen MR) is 180 cm³/mol. The van der Waals surface area contributed by atoms with E-state index in [-0.39, 0.29) is 0 Å². The van der Waals surface area contributed by atoms with Crippen molar-refractivity contribution in [3.05, 3.63) is 72.8 Å². The molecule has 0 unspecified atom stereocenters. The summed E-state index contributed by atoms with van der Waals surface area (Å²) in [5.74, 6) is 0. The third-order valence-corrected chi connectivity index (χ3v) is 8.12. The lowest BCUT2D eigenvalue weighted by atomic mass is 9.93. The summed E-state index contributed by atoms with van der Waals surface area (Å²) in [6, 6.07) is 27.6. The topological polar surface area (TPSA) is 6.48 Å². The summed E-state index contributed by atoms with van der Waals surface area (Å²) in [5, 5.41) is 0. The summed E-state index contributed by atoms with van der Waals surface area (Å²) in [6.07, 6.45) is 15.4. The van der Waals surface area contributed by atoms with Crippen LogP contribution in [0.3, 0.4) is 0 Å². The van der Waals surface area contributed by atoms with Crippen LogP contribution in [0, 0.1) is 0 Å². The summed E-state index contributed by atoms with van der Waals surface area (Å²) in [6.45, 7) is 13.8. The van der Waals surface area contributed by atoms with Crippen molar-refractivity contribution < 1.29 is 0 Å². The number of nitrogens with zero attached hydrogens (tertiary/aromatic N) is 2. The van der Waals surface area contributed by atoms with Gasteiger partial charge in [-0.25, -0.2) is 0 Å². The highest BCUT2D eigenvalue weighted by molar-refractivity contribution is 5.86. The molecule has 0 aliphatic heterocycles. The van der Waals surface area contributed by atoms with E-state index in [4.69, 9.17) is 0 Å². The number of unbranched alkanes of at least 4 members (excludes halogenated alkanes) is 8. The summed E-state index contributed by atoms with van der Waals surface area (Å²) in [4.78, 5) is 5.25. The van der Waals surface area contributed by atoms with Crippen molar-refractivity contribution in [3.8, 4) is 22.3 Å². The lowest BCUT2D eigenvalue weighted by molar-refractivity contribution is 0.636. The first-order valence-electron chi connectivity index (χ1n) is 16.5. The smallest absolute Gasteiger partial charge is 0.0372 e. The lowest BCUT2D eigenvalue weighted by Gasteiger charge is -2.27. The zero-order chi connectivity index (χ0) is 28.4. The molecule has 0 bridgehead atoms. The molecule has 0 saturated heterocycles. The average molecular weight is 541 g/mol. The van der Waals surface area contributed by atoms with Gasteiger partial charge in [0.25, 0.3) is 0 Å². The number of anilines is 2. The fraction of sp³-hybridized carbons (Fsp3) is 0.526. The SMILES string of the molecule is CCCCCN(CCCCC)c1ccc(-c2ccc(N(CCCCC)CCCCC)cc2-c2ccccc2)cc1. The lowest BCUT2D eigenvalue weighted by Crippen LogP contribution is -2.25. The minimum atomic E-state index is 1.14. The Bertz CT molecular complexity index is 1040. The molecule has 3 aromatic carbocycles. The van der Waals surface area contributed by atoms with E-state index in [1.54, 1.807) is 0 Å². The molecule has 0 radical (unpaired) electrons. The Balaban J connectivity index is 1.92. The van der Waals surface area contributed by atoms with E-state index in [2.05, 4.69) is 110 Å². The van der Waals surface area contributed by atoms with E-state index in [9.17, 15) is 0 Å². The van der Waals surface area contributed by atoms with Crippen LogP contribution in [0.1, 0.15) is 105 Å². The standard InChI is InChI=1S/C38H56N2/c1-5-9-16-28-39(29-17-10-6-2)35-24-22-34(23-25-35)37-27-26-36(32-38(37)33-20-14-13-15-21-33)40(30-18-11-7-3)31-19-12-8-4/h13-15,20-27,32H,5-12,16-19,28-31H2,1-4H3. The van der Waals surface area contributed by atoms with Gasteiger partial charge in [0.1, 0.15) is 0 Å². The van der Waals surface area contributed by atoms with E-state index in [1.807, 2.05) is 0 Å². The quantitative estimate of drug-likeness (QED) is 0.131. The highest BCUT2D eigenvalue weighted by atomic mass is 15.1. The minimum absolute atomic E-state index is 1.14. The molecular weight excluding hydrogens is 484 g/mol. The van der Waals surface area contributed by atoms with E-state index < -0.39 is 0 Å². The van der Waals surface area contributed by atoms with Gasteiger partial charge >= 0.3 is 0 Å². The van der Waals surface area contributed by atoms with Gasteiger partial charge in [0.15, 0.2) is 0 Å². The zero-order valence-corrected chi connectivity index (χ0v) is 26.1. The molecule has 2 heteroatoms. The summed E-state index contributed by atoms with van der Waals surface area (Å²) in [5.41, 5.74) is 8.00. The van der Waals surface area contributed by atoms with Crippen LogP contribution in [-0.4, -0.2) is 26.2 Å². The molecule has 0 amide bonds. The van der Waals surface area contributed by atoms with Gasteiger partial charge in [-0.15, -0.1) is 0 Å². The van der Waals surface area contributed by atoms with Crippen LogP contribution in [-0.2, 0) is 0 Å². The Morgan fingerprint density at radius 1 is 0.400 bits per heavy atom. The maximum absolute atomic E-state index is 2.63. The van der Waals surface area contributed by atoms with Crippen LogP contribution >= 0.6 is 0 Å². The van der Waals surface area contributed by atoms with Crippen molar-refractivity contribution in [1.29, 1.82) is 0 Å². The Kier molecular flexibility index (Phi) is 14.8. The number of hydrogen-bond donors (Lipinski definition) is 0. The molecule has 218 valence electrons. The van der Waals surface area contributed by atoms with Crippen molar-refractivity contribution in [2.75, 3.05) is 36.0 Å². The average Bonchev–Trinajstić information content (AvgIpc) is 3.00. The molecule has 0 saturated carbocycles. The number of benzene rings is 3.